The molecule has 2 aromatic carbocycles. The molecule has 1 heterocycles. The van der Waals surface area contributed by atoms with Gasteiger partial charge in [0.15, 0.2) is 0 Å². The lowest BCUT2D eigenvalue weighted by atomic mass is 9.88. The highest BCUT2D eigenvalue weighted by atomic mass is 35.5. The fraction of sp³-hybridized carbons (Fsp3) is 0.500. The van der Waals surface area contributed by atoms with Crippen LogP contribution in [-0.2, 0) is 24.2 Å². The fourth-order valence-electron chi connectivity index (χ4n) is 4.96. The Morgan fingerprint density at radius 3 is 2.73 bits per heavy atom. The molecule has 1 amide bonds. The largest absolute Gasteiger partial charge is 0.349 e. The number of carbonyl (C=O) groups excluding carboxylic acids is 1. The second kappa shape index (κ2) is 9.98. The standard InChI is InChI=1S/C26H33ClN2O/c1-2-25(21-14-13-19-8-3-4-9-20(19)16-21)28-26(30)23-11-7-15-29(18-23)17-22-10-5-6-12-24(22)27/h5-6,10,12-14,16,23,25H,2-4,7-9,11,15,17-18H2,1H3,(H,28,30)/t23-,25-/m1/s1. The molecule has 0 saturated carbocycles. The monoisotopic (exact) mass is 424 g/mol. The maximum absolute atomic E-state index is 13.1. The van der Waals surface area contributed by atoms with E-state index in [0.717, 1.165) is 49.5 Å². The summed E-state index contributed by atoms with van der Waals surface area (Å²) in [7, 11) is 0. The van der Waals surface area contributed by atoms with Gasteiger partial charge in [0.05, 0.1) is 12.0 Å². The topological polar surface area (TPSA) is 32.3 Å². The van der Waals surface area contributed by atoms with Crippen LogP contribution in [0.5, 0.6) is 0 Å². The van der Waals surface area contributed by atoms with Crippen molar-refractivity contribution in [3.63, 3.8) is 0 Å². The molecule has 160 valence electrons. The first kappa shape index (κ1) is 21.4. The molecule has 1 aliphatic carbocycles. The number of likely N-dealkylation sites (tertiary alicyclic amines) is 1. The number of amides is 1. The van der Waals surface area contributed by atoms with E-state index in [2.05, 4.69) is 41.4 Å². The molecule has 4 heteroatoms. The van der Waals surface area contributed by atoms with E-state index in [-0.39, 0.29) is 17.9 Å². The molecule has 0 unspecified atom stereocenters. The van der Waals surface area contributed by atoms with Gasteiger partial charge in [0.1, 0.15) is 0 Å². The number of piperidine rings is 1. The van der Waals surface area contributed by atoms with Gasteiger partial charge in [0.25, 0.3) is 0 Å². The minimum atomic E-state index is 0.0490. The number of nitrogens with zero attached hydrogens (tertiary/aromatic N) is 1. The Morgan fingerprint density at radius 1 is 1.13 bits per heavy atom. The summed E-state index contributed by atoms with van der Waals surface area (Å²) in [6.45, 7) is 4.80. The second-order valence-corrected chi connectivity index (χ2v) is 9.28. The Labute approximate surface area is 185 Å². The van der Waals surface area contributed by atoms with Crippen LogP contribution in [0.25, 0.3) is 0 Å². The molecule has 0 radical (unpaired) electrons. The van der Waals surface area contributed by atoms with Crippen molar-refractivity contribution in [3.05, 3.63) is 69.7 Å². The number of carbonyl (C=O) groups is 1. The summed E-state index contributed by atoms with van der Waals surface area (Å²) in [5.74, 6) is 0.247. The molecule has 2 atom stereocenters. The van der Waals surface area contributed by atoms with Gasteiger partial charge in [0.2, 0.25) is 5.91 Å². The number of nitrogens with one attached hydrogen (secondary N) is 1. The first-order chi connectivity index (χ1) is 14.6. The highest BCUT2D eigenvalue weighted by molar-refractivity contribution is 6.31. The third-order valence-electron chi connectivity index (χ3n) is 6.73. The number of hydrogen-bond acceptors (Lipinski definition) is 2. The van der Waals surface area contributed by atoms with Crippen LogP contribution < -0.4 is 5.32 Å². The molecule has 0 aromatic heterocycles. The molecule has 0 spiro atoms. The van der Waals surface area contributed by atoms with Crippen molar-refractivity contribution in [2.24, 2.45) is 5.92 Å². The van der Waals surface area contributed by atoms with E-state index in [0.29, 0.717) is 0 Å². The highest BCUT2D eigenvalue weighted by Crippen LogP contribution is 2.27. The minimum Gasteiger partial charge on any atom is -0.349 e. The highest BCUT2D eigenvalue weighted by Gasteiger charge is 2.27. The van der Waals surface area contributed by atoms with E-state index in [1.165, 1.54) is 42.4 Å². The van der Waals surface area contributed by atoms with Crippen LogP contribution in [0.2, 0.25) is 5.02 Å². The lowest BCUT2D eigenvalue weighted by Gasteiger charge is -2.33. The summed E-state index contributed by atoms with van der Waals surface area (Å²) in [6.07, 6.45) is 7.88. The number of fused-ring (bicyclic) bond motifs is 1. The van der Waals surface area contributed by atoms with Crippen molar-refractivity contribution in [1.82, 2.24) is 10.2 Å². The van der Waals surface area contributed by atoms with Crippen LogP contribution in [0.4, 0.5) is 0 Å². The Morgan fingerprint density at radius 2 is 1.93 bits per heavy atom. The number of rotatable bonds is 6. The summed E-state index contributed by atoms with van der Waals surface area (Å²) in [5.41, 5.74) is 5.37. The van der Waals surface area contributed by atoms with E-state index < -0.39 is 0 Å². The van der Waals surface area contributed by atoms with E-state index in [9.17, 15) is 4.79 Å². The van der Waals surface area contributed by atoms with Crippen LogP contribution in [-0.4, -0.2) is 23.9 Å². The van der Waals surface area contributed by atoms with Crippen LogP contribution in [0.3, 0.4) is 0 Å². The normalized spacial score (nSPS) is 20.4. The Hall–Kier alpha value is -1.84. The summed E-state index contributed by atoms with van der Waals surface area (Å²) in [5, 5.41) is 4.17. The van der Waals surface area contributed by atoms with Crippen LogP contribution in [0, 0.1) is 5.92 Å². The molecule has 1 fully saturated rings. The van der Waals surface area contributed by atoms with Crippen LogP contribution in [0.15, 0.2) is 42.5 Å². The van der Waals surface area contributed by atoms with Gasteiger partial charge in [0, 0.05) is 18.1 Å². The van der Waals surface area contributed by atoms with Gasteiger partial charge >= 0.3 is 0 Å². The Bertz CT molecular complexity index is 881. The fourth-order valence-corrected chi connectivity index (χ4v) is 5.16. The SMILES string of the molecule is CC[C@@H](NC(=O)[C@@H]1CCCN(Cc2ccccc2Cl)C1)c1ccc2c(c1)CCCC2. The summed E-state index contributed by atoms with van der Waals surface area (Å²) in [6, 6.07) is 15.0. The van der Waals surface area contributed by atoms with Gasteiger partial charge in [-0.3, -0.25) is 9.69 Å². The lowest BCUT2D eigenvalue weighted by molar-refractivity contribution is -0.127. The average molecular weight is 425 g/mol. The third-order valence-corrected chi connectivity index (χ3v) is 7.10. The molecular formula is C26H33ClN2O. The maximum Gasteiger partial charge on any atom is 0.224 e. The second-order valence-electron chi connectivity index (χ2n) is 8.87. The summed E-state index contributed by atoms with van der Waals surface area (Å²) >= 11 is 6.34. The zero-order chi connectivity index (χ0) is 20.9. The van der Waals surface area contributed by atoms with Crippen molar-refractivity contribution < 1.29 is 4.79 Å². The third kappa shape index (κ3) is 5.07. The number of aryl methyl sites for hydroxylation is 2. The van der Waals surface area contributed by atoms with Gasteiger partial charge in [-0.25, -0.2) is 0 Å². The molecule has 1 saturated heterocycles. The Kier molecular flexibility index (Phi) is 7.12. The lowest BCUT2D eigenvalue weighted by Crippen LogP contribution is -2.43. The zero-order valence-corrected chi connectivity index (χ0v) is 18.8. The van der Waals surface area contributed by atoms with Crippen molar-refractivity contribution in [1.29, 1.82) is 0 Å². The summed E-state index contributed by atoms with van der Waals surface area (Å²) < 4.78 is 0. The first-order valence-corrected chi connectivity index (χ1v) is 11.9. The van der Waals surface area contributed by atoms with Gasteiger partial charge in [-0.1, -0.05) is 54.9 Å². The Balaban J connectivity index is 1.39. The van der Waals surface area contributed by atoms with Crippen molar-refractivity contribution in [2.45, 2.75) is 64.5 Å². The molecular weight excluding hydrogens is 392 g/mol. The molecule has 2 aromatic rings. The van der Waals surface area contributed by atoms with E-state index in [1.807, 2.05) is 18.2 Å². The van der Waals surface area contributed by atoms with Crippen molar-refractivity contribution >= 4 is 17.5 Å². The predicted molar refractivity (Wildman–Crippen MR) is 124 cm³/mol. The van der Waals surface area contributed by atoms with Crippen molar-refractivity contribution in [2.75, 3.05) is 13.1 Å². The van der Waals surface area contributed by atoms with E-state index in [4.69, 9.17) is 11.6 Å². The molecule has 3 nitrogen and oxygen atoms in total. The van der Waals surface area contributed by atoms with Gasteiger partial charge in [-0.05, 0) is 79.8 Å². The number of benzene rings is 2. The molecule has 4 rings (SSSR count). The molecule has 1 aliphatic heterocycles. The zero-order valence-electron chi connectivity index (χ0n) is 18.0. The predicted octanol–water partition coefficient (Wildman–Crippen LogP) is 5.70. The van der Waals surface area contributed by atoms with Crippen LogP contribution in [0.1, 0.15) is 67.3 Å². The van der Waals surface area contributed by atoms with Gasteiger partial charge in [-0.2, -0.15) is 0 Å². The minimum absolute atomic E-state index is 0.0490. The van der Waals surface area contributed by atoms with E-state index >= 15 is 0 Å². The average Bonchev–Trinajstić information content (AvgIpc) is 2.78. The van der Waals surface area contributed by atoms with Gasteiger partial charge in [-0.15, -0.1) is 0 Å². The van der Waals surface area contributed by atoms with E-state index in [1.54, 1.807) is 0 Å². The van der Waals surface area contributed by atoms with Gasteiger partial charge < -0.3 is 5.32 Å². The molecule has 2 aliphatic rings. The summed E-state index contributed by atoms with van der Waals surface area (Å²) in [4.78, 5) is 15.5. The quantitative estimate of drug-likeness (QED) is 0.645. The number of hydrogen-bond donors (Lipinski definition) is 1. The number of halogens is 1. The maximum atomic E-state index is 13.1. The smallest absolute Gasteiger partial charge is 0.224 e. The molecule has 30 heavy (non-hydrogen) atoms. The first-order valence-electron chi connectivity index (χ1n) is 11.5. The molecule has 0 bridgehead atoms. The molecule has 1 N–H and O–H groups in total. The van der Waals surface area contributed by atoms with Crippen molar-refractivity contribution in [3.8, 4) is 0 Å². The van der Waals surface area contributed by atoms with Crippen LogP contribution >= 0.6 is 11.6 Å².